The number of hydrogen-bond acceptors (Lipinski definition) is 4. The molecule has 0 radical (unpaired) electrons. The van der Waals surface area contributed by atoms with Crippen molar-refractivity contribution in [2.24, 2.45) is 7.05 Å². The lowest BCUT2D eigenvalue weighted by Gasteiger charge is -2.16. The van der Waals surface area contributed by atoms with E-state index in [1.165, 1.54) is 16.0 Å². The van der Waals surface area contributed by atoms with Gasteiger partial charge in [-0.3, -0.25) is 14.3 Å². The van der Waals surface area contributed by atoms with Gasteiger partial charge in [0, 0.05) is 26.2 Å². The van der Waals surface area contributed by atoms with E-state index in [-0.39, 0.29) is 11.8 Å². The van der Waals surface area contributed by atoms with Crippen LogP contribution in [0.1, 0.15) is 34.0 Å². The van der Waals surface area contributed by atoms with Gasteiger partial charge in [-0.15, -0.1) is 11.3 Å². The van der Waals surface area contributed by atoms with Crippen LogP contribution in [-0.2, 0) is 7.05 Å². The first-order valence-electron chi connectivity index (χ1n) is 6.75. The fourth-order valence-corrected chi connectivity index (χ4v) is 2.57. The van der Waals surface area contributed by atoms with Gasteiger partial charge < -0.3 is 10.2 Å². The number of rotatable bonds is 5. The first kappa shape index (κ1) is 15.2. The molecule has 0 spiro atoms. The van der Waals surface area contributed by atoms with Gasteiger partial charge in [0.2, 0.25) is 0 Å². The molecule has 0 unspecified atom stereocenters. The molecule has 0 fully saturated rings. The van der Waals surface area contributed by atoms with Gasteiger partial charge in [-0.1, -0.05) is 6.07 Å². The largest absolute Gasteiger partial charge is 0.338 e. The molecule has 21 heavy (non-hydrogen) atoms. The molecular weight excluding hydrogens is 288 g/mol. The van der Waals surface area contributed by atoms with Crippen LogP contribution >= 0.6 is 11.3 Å². The Morgan fingerprint density at radius 2 is 2.10 bits per heavy atom. The molecule has 0 aliphatic rings. The van der Waals surface area contributed by atoms with E-state index < -0.39 is 0 Å². The summed E-state index contributed by atoms with van der Waals surface area (Å²) in [7, 11) is 1.70. The summed E-state index contributed by atoms with van der Waals surface area (Å²) in [4.78, 5) is 26.5. The molecule has 0 aliphatic carbocycles. The summed E-state index contributed by atoms with van der Waals surface area (Å²) < 4.78 is 1.50. The molecule has 0 bridgehead atoms. The smallest absolute Gasteiger partial charge is 0.274 e. The van der Waals surface area contributed by atoms with Crippen LogP contribution < -0.4 is 5.32 Å². The molecule has 0 saturated carbocycles. The van der Waals surface area contributed by atoms with Crippen LogP contribution in [0.25, 0.3) is 0 Å². The van der Waals surface area contributed by atoms with E-state index in [1.54, 1.807) is 24.1 Å². The SMILES string of the molecule is CCN(CC)C(=O)c1cc(NC(=O)c2cccs2)n(C)n1. The zero-order valence-electron chi connectivity index (χ0n) is 12.3. The zero-order chi connectivity index (χ0) is 15.4. The molecule has 2 aromatic rings. The van der Waals surface area contributed by atoms with Crippen LogP contribution in [0.5, 0.6) is 0 Å². The van der Waals surface area contributed by atoms with E-state index in [9.17, 15) is 9.59 Å². The summed E-state index contributed by atoms with van der Waals surface area (Å²) in [6, 6.07) is 5.17. The van der Waals surface area contributed by atoms with E-state index in [1.807, 2.05) is 25.3 Å². The Hall–Kier alpha value is -2.15. The molecule has 2 rings (SSSR count). The van der Waals surface area contributed by atoms with Crippen LogP contribution in [0.3, 0.4) is 0 Å². The maximum Gasteiger partial charge on any atom is 0.274 e. The van der Waals surface area contributed by atoms with Crippen molar-refractivity contribution >= 4 is 29.0 Å². The average Bonchev–Trinajstić information content (AvgIpc) is 3.10. The number of aromatic nitrogens is 2. The van der Waals surface area contributed by atoms with E-state index in [4.69, 9.17) is 0 Å². The number of hydrogen-bond donors (Lipinski definition) is 1. The van der Waals surface area contributed by atoms with E-state index in [0.717, 1.165) is 0 Å². The Morgan fingerprint density at radius 3 is 2.67 bits per heavy atom. The Kier molecular flexibility index (Phi) is 4.74. The monoisotopic (exact) mass is 306 g/mol. The molecule has 0 saturated heterocycles. The highest BCUT2D eigenvalue weighted by molar-refractivity contribution is 7.12. The van der Waals surface area contributed by atoms with Crippen LogP contribution in [0, 0.1) is 0 Å². The number of aryl methyl sites for hydroxylation is 1. The highest BCUT2D eigenvalue weighted by atomic mass is 32.1. The third kappa shape index (κ3) is 3.30. The van der Waals surface area contributed by atoms with Crippen LogP contribution in [0.15, 0.2) is 23.6 Å². The fourth-order valence-electron chi connectivity index (χ4n) is 1.95. The Labute approximate surface area is 127 Å². The fraction of sp³-hybridized carbons (Fsp3) is 0.357. The Morgan fingerprint density at radius 1 is 1.38 bits per heavy atom. The van der Waals surface area contributed by atoms with Crippen molar-refractivity contribution in [3.8, 4) is 0 Å². The number of carbonyl (C=O) groups is 2. The number of nitrogens with one attached hydrogen (secondary N) is 1. The average molecular weight is 306 g/mol. The zero-order valence-corrected chi connectivity index (χ0v) is 13.1. The molecule has 1 N–H and O–H groups in total. The van der Waals surface area contributed by atoms with Gasteiger partial charge in [0.05, 0.1) is 4.88 Å². The second-order valence-corrected chi connectivity index (χ2v) is 5.39. The summed E-state index contributed by atoms with van der Waals surface area (Å²) in [5.41, 5.74) is 0.336. The van der Waals surface area contributed by atoms with Gasteiger partial charge >= 0.3 is 0 Å². The van der Waals surface area contributed by atoms with Crippen molar-refractivity contribution < 1.29 is 9.59 Å². The van der Waals surface area contributed by atoms with E-state index in [2.05, 4.69) is 10.4 Å². The third-order valence-electron chi connectivity index (χ3n) is 3.14. The topological polar surface area (TPSA) is 67.2 Å². The van der Waals surface area contributed by atoms with Crippen LogP contribution in [-0.4, -0.2) is 39.6 Å². The van der Waals surface area contributed by atoms with Crippen LogP contribution in [0.4, 0.5) is 5.82 Å². The van der Waals surface area contributed by atoms with Gasteiger partial charge in [-0.2, -0.15) is 5.10 Å². The summed E-state index contributed by atoms with van der Waals surface area (Å²) in [6.45, 7) is 5.10. The molecule has 2 heterocycles. The van der Waals surface area contributed by atoms with Crippen molar-refractivity contribution in [2.45, 2.75) is 13.8 Å². The molecule has 6 nitrogen and oxygen atoms in total. The number of carbonyl (C=O) groups excluding carboxylic acids is 2. The summed E-state index contributed by atoms with van der Waals surface area (Å²) >= 11 is 1.36. The number of anilines is 1. The lowest BCUT2D eigenvalue weighted by atomic mass is 10.3. The molecule has 2 aromatic heterocycles. The molecular formula is C14H18N4O2S. The minimum absolute atomic E-state index is 0.132. The number of amides is 2. The molecule has 0 aliphatic heterocycles. The standard InChI is InChI=1S/C14H18N4O2S/c1-4-18(5-2)14(20)10-9-12(17(3)16-10)15-13(19)11-7-6-8-21-11/h6-9H,4-5H2,1-3H3,(H,15,19). The second kappa shape index (κ2) is 6.53. The van der Waals surface area contributed by atoms with Gasteiger partial charge in [-0.25, -0.2) is 0 Å². The maximum absolute atomic E-state index is 12.2. The number of nitrogens with zero attached hydrogens (tertiary/aromatic N) is 3. The minimum Gasteiger partial charge on any atom is -0.338 e. The predicted octanol–water partition coefficient (Wildman–Crippen LogP) is 2.22. The van der Waals surface area contributed by atoms with Crippen molar-refractivity contribution in [1.82, 2.24) is 14.7 Å². The Bertz CT molecular complexity index is 629. The lowest BCUT2D eigenvalue weighted by molar-refractivity contribution is 0.0766. The van der Waals surface area contributed by atoms with Gasteiger partial charge in [0.15, 0.2) is 5.69 Å². The van der Waals surface area contributed by atoms with Crippen LogP contribution in [0.2, 0.25) is 0 Å². The summed E-state index contributed by atoms with van der Waals surface area (Å²) in [6.07, 6.45) is 0. The number of thiophene rings is 1. The quantitative estimate of drug-likeness (QED) is 0.921. The molecule has 0 aromatic carbocycles. The minimum atomic E-state index is -0.199. The van der Waals surface area contributed by atoms with Crippen molar-refractivity contribution in [1.29, 1.82) is 0 Å². The molecule has 2 amide bonds. The molecule has 7 heteroatoms. The van der Waals surface area contributed by atoms with Crippen molar-refractivity contribution in [3.63, 3.8) is 0 Å². The molecule has 112 valence electrons. The van der Waals surface area contributed by atoms with Gasteiger partial charge in [0.1, 0.15) is 5.82 Å². The normalized spacial score (nSPS) is 10.4. The van der Waals surface area contributed by atoms with Crippen molar-refractivity contribution in [3.05, 3.63) is 34.2 Å². The first-order valence-corrected chi connectivity index (χ1v) is 7.63. The Balaban J connectivity index is 2.16. The summed E-state index contributed by atoms with van der Waals surface area (Å²) in [5.74, 6) is 0.172. The highest BCUT2D eigenvalue weighted by Crippen LogP contribution is 2.15. The highest BCUT2D eigenvalue weighted by Gasteiger charge is 2.18. The maximum atomic E-state index is 12.2. The first-order chi connectivity index (χ1) is 10.1. The third-order valence-corrected chi connectivity index (χ3v) is 4.00. The molecule has 0 atom stereocenters. The second-order valence-electron chi connectivity index (χ2n) is 4.45. The summed E-state index contributed by atoms with van der Waals surface area (Å²) in [5, 5.41) is 8.78. The van der Waals surface area contributed by atoms with Gasteiger partial charge in [0.25, 0.3) is 11.8 Å². The van der Waals surface area contributed by atoms with E-state index >= 15 is 0 Å². The van der Waals surface area contributed by atoms with Crippen molar-refractivity contribution in [2.75, 3.05) is 18.4 Å². The predicted molar refractivity (Wildman–Crippen MR) is 82.7 cm³/mol. The lowest BCUT2D eigenvalue weighted by Crippen LogP contribution is -2.30. The van der Waals surface area contributed by atoms with Gasteiger partial charge in [-0.05, 0) is 25.3 Å². The van der Waals surface area contributed by atoms with E-state index in [0.29, 0.717) is 29.5 Å².